The molecule has 2 aromatic rings. The summed E-state index contributed by atoms with van der Waals surface area (Å²) in [6, 6.07) is 13.6. The van der Waals surface area contributed by atoms with E-state index in [1.807, 2.05) is 63.2 Å². The van der Waals surface area contributed by atoms with E-state index in [1.54, 1.807) is 6.08 Å². The first-order valence-electron chi connectivity index (χ1n) is 8.17. The van der Waals surface area contributed by atoms with Gasteiger partial charge in [0.25, 0.3) is 5.91 Å². The fourth-order valence-electron chi connectivity index (χ4n) is 2.41. The van der Waals surface area contributed by atoms with Crippen molar-refractivity contribution in [2.24, 2.45) is 0 Å². The average molecular weight is 322 g/mol. The quantitative estimate of drug-likeness (QED) is 0.644. The van der Waals surface area contributed by atoms with Crippen LogP contribution in [0.4, 0.5) is 0 Å². The van der Waals surface area contributed by atoms with E-state index in [9.17, 15) is 10.1 Å². The minimum atomic E-state index is -0.343. The van der Waals surface area contributed by atoms with Crippen LogP contribution in [-0.4, -0.2) is 18.6 Å². The Bertz CT molecular complexity index is 803. The van der Waals surface area contributed by atoms with Crippen molar-refractivity contribution in [3.8, 4) is 11.8 Å². The summed E-state index contributed by atoms with van der Waals surface area (Å²) in [6.45, 7) is 6.43. The van der Waals surface area contributed by atoms with E-state index in [1.165, 1.54) is 0 Å². The normalized spacial score (nSPS) is 12.5. The van der Waals surface area contributed by atoms with Crippen molar-refractivity contribution in [3.63, 3.8) is 0 Å². The number of nitriles is 1. The summed E-state index contributed by atoms with van der Waals surface area (Å²) in [4.78, 5) is 12.2. The Kier molecular flexibility index (Phi) is 5.97. The van der Waals surface area contributed by atoms with Gasteiger partial charge in [-0.15, -0.1) is 0 Å². The molecule has 2 aromatic carbocycles. The lowest BCUT2D eigenvalue weighted by Gasteiger charge is -2.12. The number of fused-ring (bicyclic) bond motifs is 1. The highest BCUT2D eigenvalue weighted by molar-refractivity contribution is 6.04. The molecule has 0 bridgehead atoms. The molecule has 1 atom stereocenters. The van der Waals surface area contributed by atoms with Gasteiger partial charge >= 0.3 is 0 Å². The molecular formula is C20H22N2O2. The number of hydrogen-bond donors (Lipinski definition) is 1. The van der Waals surface area contributed by atoms with E-state index in [-0.39, 0.29) is 17.5 Å². The van der Waals surface area contributed by atoms with Gasteiger partial charge in [0.2, 0.25) is 0 Å². The van der Waals surface area contributed by atoms with Gasteiger partial charge in [0.1, 0.15) is 17.4 Å². The summed E-state index contributed by atoms with van der Waals surface area (Å²) in [7, 11) is 0. The molecule has 0 saturated heterocycles. The summed E-state index contributed by atoms with van der Waals surface area (Å²) in [5, 5.41) is 14.1. The average Bonchev–Trinajstić information content (AvgIpc) is 2.61. The van der Waals surface area contributed by atoms with Gasteiger partial charge in [-0.3, -0.25) is 4.79 Å². The molecular weight excluding hydrogens is 300 g/mol. The van der Waals surface area contributed by atoms with Gasteiger partial charge in [-0.1, -0.05) is 37.3 Å². The van der Waals surface area contributed by atoms with Gasteiger partial charge in [0.15, 0.2) is 0 Å². The number of nitrogens with one attached hydrogen (secondary N) is 1. The summed E-state index contributed by atoms with van der Waals surface area (Å²) < 4.78 is 5.66. The van der Waals surface area contributed by atoms with Crippen molar-refractivity contribution in [1.29, 1.82) is 5.26 Å². The van der Waals surface area contributed by atoms with Crippen molar-refractivity contribution in [2.75, 3.05) is 6.61 Å². The second kappa shape index (κ2) is 8.16. The lowest BCUT2D eigenvalue weighted by Crippen LogP contribution is -2.32. The van der Waals surface area contributed by atoms with E-state index in [0.717, 1.165) is 28.5 Å². The van der Waals surface area contributed by atoms with Crippen molar-refractivity contribution in [1.82, 2.24) is 5.32 Å². The third-order valence-corrected chi connectivity index (χ3v) is 3.87. The Balaban J connectivity index is 2.46. The summed E-state index contributed by atoms with van der Waals surface area (Å²) in [6.07, 6.45) is 2.45. The van der Waals surface area contributed by atoms with Crippen molar-refractivity contribution >= 4 is 22.8 Å². The molecule has 4 nitrogen and oxygen atoms in total. The Morgan fingerprint density at radius 2 is 1.96 bits per heavy atom. The zero-order valence-corrected chi connectivity index (χ0v) is 14.3. The molecule has 0 aliphatic rings. The Labute approximate surface area is 142 Å². The first-order valence-corrected chi connectivity index (χ1v) is 8.17. The molecule has 0 aromatic heterocycles. The van der Waals surface area contributed by atoms with Gasteiger partial charge in [0.05, 0.1) is 6.61 Å². The summed E-state index contributed by atoms with van der Waals surface area (Å²) >= 11 is 0. The first kappa shape index (κ1) is 17.6. The van der Waals surface area contributed by atoms with E-state index in [4.69, 9.17) is 4.74 Å². The highest BCUT2D eigenvalue weighted by Gasteiger charge is 2.13. The molecule has 0 heterocycles. The monoisotopic (exact) mass is 322 g/mol. The summed E-state index contributed by atoms with van der Waals surface area (Å²) in [5.74, 6) is 0.456. The van der Waals surface area contributed by atoms with Crippen LogP contribution in [0, 0.1) is 11.3 Å². The van der Waals surface area contributed by atoms with Crippen molar-refractivity contribution < 1.29 is 9.53 Å². The third kappa shape index (κ3) is 3.94. The lowest BCUT2D eigenvalue weighted by molar-refractivity contribution is -0.117. The molecule has 0 radical (unpaired) electrons. The maximum absolute atomic E-state index is 12.2. The van der Waals surface area contributed by atoms with Crippen molar-refractivity contribution in [3.05, 3.63) is 47.5 Å². The van der Waals surface area contributed by atoms with Crippen LogP contribution in [0.2, 0.25) is 0 Å². The zero-order valence-electron chi connectivity index (χ0n) is 14.3. The SMILES string of the molecule is CCOc1ccc(/C=C(\C#N)C(=O)N[C@H](C)CC)c2ccccc12. The molecule has 0 unspecified atom stereocenters. The van der Waals surface area contributed by atoms with E-state index < -0.39 is 0 Å². The second-order valence-electron chi connectivity index (χ2n) is 5.58. The fraction of sp³-hybridized carbons (Fsp3) is 0.300. The molecule has 0 spiro atoms. The maximum Gasteiger partial charge on any atom is 0.262 e. The molecule has 0 saturated carbocycles. The fourth-order valence-corrected chi connectivity index (χ4v) is 2.41. The lowest BCUT2D eigenvalue weighted by atomic mass is 10.0. The van der Waals surface area contributed by atoms with Crippen LogP contribution < -0.4 is 10.1 Å². The molecule has 1 N–H and O–H groups in total. The van der Waals surface area contributed by atoms with Gasteiger partial charge < -0.3 is 10.1 Å². The topological polar surface area (TPSA) is 62.1 Å². The largest absolute Gasteiger partial charge is 0.493 e. The molecule has 124 valence electrons. The predicted octanol–water partition coefficient (Wildman–Crippen LogP) is 4.06. The number of rotatable bonds is 6. The smallest absolute Gasteiger partial charge is 0.262 e. The minimum absolute atomic E-state index is 0.0336. The van der Waals surface area contributed by atoms with E-state index >= 15 is 0 Å². The molecule has 0 fully saturated rings. The van der Waals surface area contributed by atoms with Crippen LogP contribution in [0.25, 0.3) is 16.8 Å². The molecule has 2 rings (SSSR count). The number of nitrogens with zero attached hydrogens (tertiary/aromatic N) is 1. The number of ether oxygens (including phenoxy) is 1. The van der Waals surface area contributed by atoms with Gasteiger partial charge in [-0.05, 0) is 43.4 Å². The molecule has 4 heteroatoms. The zero-order chi connectivity index (χ0) is 17.5. The number of benzene rings is 2. The molecule has 1 amide bonds. The second-order valence-corrected chi connectivity index (χ2v) is 5.58. The van der Waals surface area contributed by atoms with Crippen LogP contribution in [0.15, 0.2) is 42.0 Å². The van der Waals surface area contributed by atoms with Gasteiger partial charge in [-0.2, -0.15) is 5.26 Å². The van der Waals surface area contributed by atoms with Crippen LogP contribution in [0.5, 0.6) is 5.75 Å². The number of carbonyl (C=O) groups is 1. The van der Waals surface area contributed by atoms with Crippen LogP contribution >= 0.6 is 0 Å². The first-order chi connectivity index (χ1) is 11.6. The van der Waals surface area contributed by atoms with Crippen LogP contribution in [0.1, 0.15) is 32.8 Å². The van der Waals surface area contributed by atoms with Gasteiger partial charge in [-0.25, -0.2) is 0 Å². The Morgan fingerprint density at radius 1 is 1.25 bits per heavy atom. The highest BCUT2D eigenvalue weighted by atomic mass is 16.5. The predicted molar refractivity (Wildman–Crippen MR) is 96.6 cm³/mol. The number of hydrogen-bond acceptors (Lipinski definition) is 3. The minimum Gasteiger partial charge on any atom is -0.493 e. The molecule has 0 aliphatic carbocycles. The van der Waals surface area contributed by atoms with Gasteiger partial charge in [0, 0.05) is 11.4 Å². The van der Waals surface area contributed by atoms with Crippen molar-refractivity contribution in [2.45, 2.75) is 33.2 Å². The Hall–Kier alpha value is -2.80. The molecule has 0 aliphatic heterocycles. The standard InChI is InChI=1S/C20H22N2O2/c1-4-14(3)22-20(23)16(13-21)12-15-10-11-19(24-5-2)18-9-7-6-8-17(15)18/h6-12,14H,4-5H2,1-3H3,(H,22,23)/b16-12+/t14-/m1/s1. The Morgan fingerprint density at radius 3 is 2.58 bits per heavy atom. The third-order valence-electron chi connectivity index (χ3n) is 3.87. The maximum atomic E-state index is 12.2. The van der Waals surface area contributed by atoms with Crippen LogP contribution in [-0.2, 0) is 4.79 Å². The molecule has 24 heavy (non-hydrogen) atoms. The highest BCUT2D eigenvalue weighted by Crippen LogP contribution is 2.29. The number of amides is 1. The summed E-state index contributed by atoms with van der Waals surface area (Å²) in [5.41, 5.74) is 0.925. The van der Waals surface area contributed by atoms with Crippen LogP contribution in [0.3, 0.4) is 0 Å². The van der Waals surface area contributed by atoms with E-state index in [0.29, 0.717) is 6.61 Å². The number of carbonyl (C=O) groups excluding carboxylic acids is 1. The van der Waals surface area contributed by atoms with E-state index in [2.05, 4.69) is 5.32 Å².